The molecule has 1 aromatic rings. The van der Waals surface area contributed by atoms with Crippen molar-refractivity contribution in [2.24, 2.45) is 10.5 Å². The molecule has 1 aliphatic rings. The van der Waals surface area contributed by atoms with E-state index < -0.39 is 11.4 Å². The van der Waals surface area contributed by atoms with Gasteiger partial charge in [-0.15, -0.1) is 0 Å². The summed E-state index contributed by atoms with van der Waals surface area (Å²) in [5.41, 5.74) is -0.119. The number of nitrogens with zero attached hydrogens (tertiary/aromatic N) is 4. The molecule has 0 bridgehead atoms. The molecule has 0 atom stereocenters. The van der Waals surface area contributed by atoms with Crippen LogP contribution in [0.2, 0.25) is 0 Å². The van der Waals surface area contributed by atoms with Gasteiger partial charge in [-0.25, -0.2) is 14.2 Å². The van der Waals surface area contributed by atoms with Crippen molar-refractivity contribution < 1.29 is 0 Å². The fourth-order valence-corrected chi connectivity index (χ4v) is 3.25. The molecule has 6 nitrogen and oxygen atoms in total. The van der Waals surface area contributed by atoms with Gasteiger partial charge >= 0.3 is 11.4 Å². The Balaban J connectivity index is 2.54. The maximum Gasteiger partial charge on any atom is 0.355 e. The van der Waals surface area contributed by atoms with Crippen LogP contribution in [0.25, 0.3) is 0 Å². The normalized spacial score (nSPS) is 17.0. The summed E-state index contributed by atoms with van der Waals surface area (Å²) < 4.78 is 2.47. The maximum atomic E-state index is 12.6. The highest BCUT2D eigenvalue weighted by Gasteiger charge is 2.30. The van der Waals surface area contributed by atoms with Crippen molar-refractivity contribution in [3.63, 3.8) is 0 Å². The predicted octanol–water partition coefficient (Wildman–Crippen LogP) is 1.95. The van der Waals surface area contributed by atoms with Gasteiger partial charge in [0.2, 0.25) is 0 Å². The Bertz CT molecular complexity index is 665. The van der Waals surface area contributed by atoms with Crippen LogP contribution in [0.3, 0.4) is 0 Å². The summed E-state index contributed by atoms with van der Waals surface area (Å²) in [4.78, 5) is 28.8. The molecule has 1 saturated carbocycles. The average Bonchev–Trinajstić information content (AvgIpc) is 2.84. The van der Waals surface area contributed by atoms with Crippen molar-refractivity contribution in [1.82, 2.24) is 14.2 Å². The van der Waals surface area contributed by atoms with Crippen LogP contribution in [0, 0.1) is 5.41 Å². The van der Waals surface area contributed by atoms with E-state index >= 15 is 0 Å². The van der Waals surface area contributed by atoms with E-state index in [1.807, 2.05) is 13.8 Å². The van der Waals surface area contributed by atoms with Crippen LogP contribution in [0.1, 0.15) is 46.5 Å². The zero-order valence-corrected chi connectivity index (χ0v) is 13.9. The Morgan fingerprint density at radius 3 is 2.48 bits per heavy atom. The van der Waals surface area contributed by atoms with E-state index in [0.717, 1.165) is 31.4 Å². The molecular formula is C14H22N4O2S. The Labute approximate surface area is 128 Å². The van der Waals surface area contributed by atoms with E-state index in [0.29, 0.717) is 11.7 Å². The molecule has 0 spiro atoms. The molecule has 0 saturated heterocycles. The summed E-state index contributed by atoms with van der Waals surface area (Å²) >= 11 is 1.25. The highest BCUT2D eigenvalue weighted by Crippen LogP contribution is 2.38. The molecule has 21 heavy (non-hydrogen) atoms. The molecule has 116 valence electrons. The SMILES string of the molecule is CSc1nc(=O)n(CC2(C)CCCC2)c(=O)n1N=C(C)C. The van der Waals surface area contributed by atoms with Crippen LogP contribution >= 0.6 is 11.8 Å². The third-order valence-electron chi connectivity index (χ3n) is 3.85. The molecule has 1 aliphatic carbocycles. The van der Waals surface area contributed by atoms with Gasteiger partial charge in [0.05, 0.1) is 0 Å². The molecule has 1 heterocycles. The Kier molecular flexibility index (Phi) is 4.70. The molecule has 0 aromatic carbocycles. The number of aromatic nitrogens is 3. The highest BCUT2D eigenvalue weighted by atomic mass is 32.2. The molecule has 2 rings (SSSR count). The second-order valence-electron chi connectivity index (χ2n) is 6.13. The van der Waals surface area contributed by atoms with Crippen molar-refractivity contribution in [1.29, 1.82) is 0 Å². The smallest absolute Gasteiger partial charge is 0.245 e. The largest absolute Gasteiger partial charge is 0.355 e. The quantitative estimate of drug-likeness (QED) is 0.629. The van der Waals surface area contributed by atoms with Gasteiger partial charge in [-0.05, 0) is 38.4 Å². The third-order valence-corrected chi connectivity index (χ3v) is 4.48. The fourth-order valence-electron chi connectivity index (χ4n) is 2.79. The van der Waals surface area contributed by atoms with E-state index in [1.165, 1.54) is 21.0 Å². The number of thioether (sulfide) groups is 1. The Morgan fingerprint density at radius 1 is 1.33 bits per heavy atom. The van der Waals surface area contributed by atoms with Gasteiger partial charge in [0.15, 0.2) is 5.16 Å². The van der Waals surface area contributed by atoms with Crippen LogP contribution in [0.15, 0.2) is 19.8 Å². The van der Waals surface area contributed by atoms with Gasteiger partial charge in [0.25, 0.3) is 0 Å². The van der Waals surface area contributed by atoms with Crippen molar-refractivity contribution in [3.8, 4) is 0 Å². The molecule has 0 radical (unpaired) electrons. The standard InChI is InChI=1S/C14H22N4O2S/c1-10(2)16-18-12(21-4)15-11(19)17(13(18)20)9-14(3)7-5-6-8-14/h5-9H2,1-4H3. The summed E-state index contributed by atoms with van der Waals surface area (Å²) in [6.07, 6.45) is 6.17. The van der Waals surface area contributed by atoms with E-state index in [1.54, 1.807) is 6.26 Å². The molecule has 0 aliphatic heterocycles. The summed E-state index contributed by atoms with van der Waals surface area (Å²) in [6.45, 7) is 6.17. The Morgan fingerprint density at radius 2 is 1.95 bits per heavy atom. The monoisotopic (exact) mass is 310 g/mol. The van der Waals surface area contributed by atoms with Gasteiger partial charge in [-0.1, -0.05) is 31.5 Å². The van der Waals surface area contributed by atoms with Crippen molar-refractivity contribution in [2.45, 2.75) is 58.2 Å². The van der Waals surface area contributed by atoms with E-state index in [-0.39, 0.29) is 5.41 Å². The summed E-state index contributed by atoms with van der Waals surface area (Å²) in [6, 6.07) is 0. The summed E-state index contributed by atoms with van der Waals surface area (Å²) in [5, 5.41) is 4.54. The van der Waals surface area contributed by atoms with Gasteiger partial charge in [0.1, 0.15) is 0 Å². The first kappa shape index (κ1) is 16.0. The van der Waals surface area contributed by atoms with Gasteiger partial charge in [-0.3, -0.25) is 0 Å². The molecule has 7 heteroatoms. The molecule has 0 unspecified atom stereocenters. The minimum Gasteiger partial charge on any atom is -0.245 e. The predicted molar refractivity (Wildman–Crippen MR) is 85.3 cm³/mol. The second-order valence-corrected chi connectivity index (χ2v) is 6.90. The maximum absolute atomic E-state index is 12.6. The number of rotatable bonds is 4. The van der Waals surface area contributed by atoms with Crippen LogP contribution < -0.4 is 11.4 Å². The van der Waals surface area contributed by atoms with Crippen molar-refractivity contribution in [3.05, 3.63) is 21.0 Å². The van der Waals surface area contributed by atoms with Gasteiger partial charge in [0, 0.05) is 12.3 Å². The Hall–Kier alpha value is -1.37. The van der Waals surface area contributed by atoms with Crippen molar-refractivity contribution in [2.75, 3.05) is 6.26 Å². The molecule has 1 fully saturated rings. The average molecular weight is 310 g/mol. The number of hydrogen-bond donors (Lipinski definition) is 0. The van der Waals surface area contributed by atoms with Crippen LogP contribution in [0.4, 0.5) is 0 Å². The second kappa shape index (κ2) is 6.17. The minimum atomic E-state index is -0.474. The lowest BCUT2D eigenvalue weighted by Crippen LogP contribution is -2.44. The third kappa shape index (κ3) is 3.45. The summed E-state index contributed by atoms with van der Waals surface area (Å²) in [7, 11) is 0. The first-order valence-electron chi connectivity index (χ1n) is 7.16. The zero-order valence-electron chi connectivity index (χ0n) is 13.0. The molecule has 1 aromatic heterocycles. The lowest BCUT2D eigenvalue weighted by Gasteiger charge is -2.23. The van der Waals surface area contributed by atoms with Crippen LogP contribution in [0.5, 0.6) is 0 Å². The first-order chi connectivity index (χ1) is 9.86. The molecule has 0 N–H and O–H groups in total. The molecule has 0 amide bonds. The fraction of sp³-hybridized carbons (Fsp3) is 0.714. The van der Waals surface area contributed by atoms with E-state index in [4.69, 9.17) is 0 Å². The highest BCUT2D eigenvalue weighted by molar-refractivity contribution is 7.98. The van der Waals surface area contributed by atoms with Crippen LogP contribution in [-0.2, 0) is 6.54 Å². The minimum absolute atomic E-state index is 0.00828. The van der Waals surface area contributed by atoms with Gasteiger partial charge < -0.3 is 0 Å². The zero-order chi connectivity index (χ0) is 15.6. The van der Waals surface area contributed by atoms with Crippen molar-refractivity contribution >= 4 is 17.5 Å². The van der Waals surface area contributed by atoms with E-state index in [2.05, 4.69) is 17.0 Å². The summed E-state index contributed by atoms with van der Waals surface area (Å²) in [5.74, 6) is 0. The lowest BCUT2D eigenvalue weighted by molar-refractivity contribution is 0.264. The topological polar surface area (TPSA) is 69.2 Å². The van der Waals surface area contributed by atoms with Crippen LogP contribution in [-0.4, -0.2) is 26.2 Å². The number of hydrogen-bond acceptors (Lipinski definition) is 5. The van der Waals surface area contributed by atoms with Gasteiger partial charge in [-0.2, -0.15) is 14.8 Å². The lowest BCUT2D eigenvalue weighted by atomic mass is 9.89. The van der Waals surface area contributed by atoms with E-state index in [9.17, 15) is 9.59 Å². The molecular weight excluding hydrogens is 288 g/mol. The first-order valence-corrected chi connectivity index (χ1v) is 8.39.